The molecule has 1 aliphatic rings. The zero-order valence-corrected chi connectivity index (χ0v) is 15.6. The molecule has 154 valence electrons. The fourth-order valence-electron chi connectivity index (χ4n) is 2.39. The minimum Gasteiger partial charge on any atom is -0.386 e. The largest absolute Gasteiger partial charge is 0.480 e. The molecule has 0 bridgehead atoms. The Morgan fingerprint density at radius 3 is 2.28 bits per heavy atom. The first-order valence-electron chi connectivity index (χ1n) is 7.09. The van der Waals surface area contributed by atoms with E-state index in [4.69, 9.17) is 33.3 Å². The van der Waals surface area contributed by atoms with Gasteiger partial charge in [-0.2, -0.15) is 4.31 Å². The Balaban J connectivity index is 2.47. The average Bonchev–Trinajstić information content (AvgIpc) is 2.66. The van der Waals surface area contributed by atoms with Crippen molar-refractivity contribution in [3.8, 4) is 0 Å². The molecule has 1 aromatic rings. The molecule has 5 atom stereocenters. The quantitative estimate of drug-likeness (QED) is 0.180. The highest BCUT2D eigenvalue weighted by Gasteiger charge is 2.68. The maximum Gasteiger partial charge on any atom is 0.480 e. The minimum absolute atomic E-state index is 0.227. The standard InChI is InChI=1S/C9H10B3FN2O12P2/c10-8(15-2-1-3(16)14-6(15)19)5(18)4(17)7(13,25-8)9(11,12)26-29(23,24)27-28(20,21)22/h1-2,4-5,17-18H,(H,23,24)(H,14,16,19)(H2,20,21,22)/t4-,5+,7-,8-/m0/s1. The minimum atomic E-state index is -5.89. The fourth-order valence-corrected chi connectivity index (χ4v) is 4.10. The molecule has 0 spiro atoms. The number of nitrogens with zero attached hydrogens (tertiary/aromatic N) is 1. The van der Waals surface area contributed by atoms with Gasteiger partial charge in [0, 0.05) is 12.3 Å². The molecule has 2 rings (SSSR count). The van der Waals surface area contributed by atoms with E-state index in [1.807, 2.05) is 0 Å². The van der Waals surface area contributed by atoms with Crippen molar-refractivity contribution in [3.63, 3.8) is 0 Å². The Morgan fingerprint density at radius 1 is 1.24 bits per heavy atom. The van der Waals surface area contributed by atoms with Gasteiger partial charge in [-0.1, -0.05) is 0 Å². The van der Waals surface area contributed by atoms with Gasteiger partial charge in [0.05, 0.1) is 5.40 Å². The Kier molecular flexibility index (Phi) is 6.07. The van der Waals surface area contributed by atoms with Crippen LogP contribution in [0.5, 0.6) is 0 Å². The highest BCUT2D eigenvalue weighted by atomic mass is 31.3. The van der Waals surface area contributed by atoms with Gasteiger partial charge in [0.2, 0.25) is 0 Å². The zero-order chi connectivity index (χ0) is 22.6. The summed E-state index contributed by atoms with van der Waals surface area (Å²) in [4.78, 5) is 51.1. The normalized spacial score (nSPS) is 32.8. The lowest BCUT2D eigenvalue weighted by Crippen LogP contribution is -2.60. The molecule has 1 fully saturated rings. The number of hydrogen-bond acceptors (Lipinski definition) is 9. The number of aliphatic hydroxyl groups is 2. The third-order valence-electron chi connectivity index (χ3n) is 3.62. The molecule has 0 aliphatic carbocycles. The molecule has 1 unspecified atom stereocenters. The number of nitrogens with one attached hydrogen (secondary N) is 1. The van der Waals surface area contributed by atoms with Crippen molar-refractivity contribution in [1.82, 2.24) is 9.55 Å². The van der Waals surface area contributed by atoms with Gasteiger partial charge in [-0.3, -0.25) is 18.9 Å². The van der Waals surface area contributed by atoms with Gasteiger partial charge >= 0.3 is 21.3 Å². The molecule has 14 nitrogen and oxygen atoms in total. The maximum atomic E-state index is 15.3. The van der Waals surface area contributed by atoms with Crippen LogP contribution in [0.3, 0.4) is 0 Å². The van der Waals surface area contributed by atoms with Crippen molar-refractivity contribution in [2.75, 3.05) is 0 Å². The van der Waals surface area contributed by atoms with Crippen LogP contribution >= 0.6 is 15.6 Å². The molecular formula is C9H10B3FN2O12P2. The number of phosphoric ester groups is 1. The fraction of sp³-hybridized carbons (Fsp3) is 0.556. The van der Waals surface area contributed by atoms with Crippen LogP contribution in [0.15, 0.2) is 21.9 Å². The first-order valence-corrected chi connectivity index (χ1v) is 10.1. The van der Waals surface area contributed by atoms with Crippen LogP contribution in [0, 0.1) is 0 Å². The van der Waals surface area contributed by atoms with Crippen LogP contribution in [0.1, 0.15) is 0 Å². The average molecular weight is 452 g/mol. The van der Waals surface area contributed by atoms with E-state index in [1.54, 1.807) is 4.98 Å². The summed E-state index contributed by atoms with van der Waals surface area (Å²) < 4.78 is 49.8. The second-order valence-electron chi connectivity index (χ2n) is 5.79. The number of aromatic amines is 1. The number of rotatable bonds is 6. The smallest absolute Gasteiger partial charge is 0.386 e. The van der Waals surface area contributed by atoms with Crippen molar-refractivity contribution >= 4 is 39.2 Å². The van der Waals surface area contributed by atoms with Gasteiger partial charge in [0.1, 0.15) is 41.4 Å². The van der Waals surface area contributed by atoms with Crippen LogP contribution < -0.4 is 11.2 Å². The molecule has 29 heavy (non-hydrogen) atoms. The zero-order valence-electron chi connectivity index (χ0n) is 13.9. The molecule has 1 saturated heterocycles. The number of H-pyrrole nitrogens is 1. The summed E-state index contributed by atoms with van der Waals surface area (Å²) in [5.74, 6) is -4.08. The van der Waals surface area contributed by atoms with E-state index in [-0.39, 0.29) is 4.57 Å². The predicted molar refractivity (Wildman–Crippen MR) is 90.3 cm³/mol. The number of alkyl halides is 1. The first kappa shape index (κ1) is 24.2. The van der Waals surface area contributed by atoms with E-state index in [2.05, 4.69) is 13.6 Å². The molecule has 0 aromatic carbocycles. The summed E-state index contributed by atoms with van der Waals surface area (Å²) in [7, 11) is 4.45. The molecule has 0 saturated carbocycles. The van der Waals surface area contributed by atoms with Gasteiger partial charge < -0.3 is 29.6 Å². The van der Waals surface area contributed by atoms with Crippen LogP contribution in [0.4, 0.5) is 4.39 Å². The molecule has 0 amide bonds. The number of aliphatic hydroxyl groups excluding tert-OH is 2. The van der Waals surface area contributed by atoms with Crippen molar-refractivity contribution in [3.05, 3.63) is 33.1 Å². The predicted octanol–water partition coefficient (Wildman–Crippen LogP) is -4.05. The van der Waals surface area contributed by atoms with E-state index in [0.717, 1.165) is 0 Å². The number of halogens is 1. The van der Waals surface area contributed by atoms with Crippen molar-refractivity contribution in [2.24, 2.45) is 0 Å². The van der Waals surface area contributed by atoms with Gasteiger partial charge in [-0.05, 0) is 0 Å². The summed E-state index contributed by atoms with van der Waals surface area (Å²) in [6.45, 7) is 0. The van der Waals surface area contributed by atoms with Gasteiger partial charge in [0.15, 0.2) is 0 Å². The summed E-state index contributed by atoms with van der Waals surface area (Å²) in [6.07, 6.45) is -4.77. The molecule has 6 radical (unpaired) electrons. The second-order valence-corrected chi connectivity index (χ2v) is 8.55. The number of ether oxygens (including phenoxy) is 1. The van der Waals surface area contributed by atoms with Gasteiger partial charge in [-0.15, -0.1) is 0 Å². The summed E-state index contributed by atoms with van der Waals surface area (Å²) in [6, 6.07) is 0.709. The SMILES string of the molecule is [B]C([B])(OP(=O)(O)OP(=O)(O)O)[C@@]1(F)O[C@@]([B])(n2ccc(=O)[nH]c2=O)[C@H](O)[C@@H]1O. The third-order valence-corrected chi connectivity index (χ3v) is 5.83. The highest BCUT2D eigenvalue weighted by molar-refractivity contribution is 7.60. The Bertz CT molecular complexity index is 1010. The first-order chi connectivity index (χ1) is 12.8. The van der Waals surface area contributed by atoms with E-state index in [9.17, 15) is 33.8 Å². The number of phosphoric acid groups is 2. The van der Waals surface area contributed by atoms with E-state index in [1.165, 1.54) is 0 Å². The van der Waals surface area contributed by atoms with Crippen LogP contribution in [-0.4, -0.2) is 81.4 Å². The monoisotopic (exact) mass is 452 g/mol. The second kappa shape index (κ2) is 7.27. The molecule has 6 N–H and O–H groups in total. The van der Waals surface area contributed by atoms with Gasteiger partial charge in [0.25, 0.3) is 11.4 Å². The van der Waals surface area contributed by atoms with E-state index in [0.29, 0.717) is 12.3 Å². The van der Waals surface area contributed by atoms with Crippen molar-refractivity contribution < 1.29 is 52.0 Å². The lowest BCUT2D eigenvalue weighted by Gasteiger charge is -2.41. The van der Waals surface area contributed by atoms with Crippen molar-refractivity contribution in [2.45, 2.75) is 29.1 Å². The summed E-state index contributed by atoms with van der Waals surface area (Å²) in [5, 5.41) is 16.4. The van der Waals surface area contributed by atoms with Crippen molar-refractivity contribution in [1.29, 1.82) is 0 Å². The molecule has 20 heteroatoms. The van der Waals surface area contributed by atoms with Crippen LogP contribution in [-0.2, 0) is 28.3 Å². The topological polar surface area (TPSA) is 218 Å². The maximum absolute atomic E-state index is 15.3. The molecule has 1 aromatic heterocycles. The van der Waals surface area contributed by atoms with E-state index >= 15 is 4.39 Å². The van der Waals surface area contributed by atoms with Crippen LogP contribution in [0.2, 0.25) is 0 Å². The lowest BCUT2D eigenvalue weighted by atomic mass is 9.59. The third kappa shape index (κ3) is 4.51. The summed E-state index contributed by atoms with van der Waals surface area (Å²) >= 11 is 0. The van der Waals surface area contributed by atoms with Gasteiger partial charge in [-0.25, -0.2) is 18.3 Å². The van der Waals surface area contributed by atoms with Crippen LogP contribution in [0.25, 0.3) is 0 Å². The Hall–Kier alpha value is -1.06. The number of hydrogen-bond donors (Lipinski definition) is 6. The summed E-state index contributed by atoms with van der Waals surface area (Å²) in [5.41, 5.74) is -5.25. The van der Waals surface area contributed by atoms with E-state index < -0.39 is 56.0 Å². The number of aromatic nitrogens is 2. The highest BCUT2D eigenvalue weighted by Crippen LogP contribution is 2.61. The molecule has 1 aliphatic heterocycles. The molecular weight excluding hydrogens is 441 g/mol. The Labute approximate surface area is 163 Å². The Morgan fingerprint density at radius 2 is 1.79 bits per heavy atom. The molecule has 2 heterocycles. The lowest BCUT2D eigenvalue weighted by molar-refractivity contribution is -0.239.